The van der Waals surface area contributed by atoms with E-state index in [4.69, 9.17) is 14.9 Å². The molecular weight excluding hydrogens is 254 g/mol. The molecule has 0 aliphatic rings. The Morgan fingerprint density at radius 2 is 1.80 bits per heavy atom. The fourth-order valence-corrected chi connectivity index (χ4v) is 1.90. The van der Waals surface area contributed by atoms with E-state index in [1.54, 1.807) is 13.2 Å². The number of nitrogens with zero attached hydrogens (tertiary/aromatic N) is 2. The topological polar surface area (TPSA) is 74.2 Å². The van der Waals surface area contributed by atoms with Crippen LogP contribution in [0.1, 0.15) is 0 Å². The summed E-state index contributed by atoms with van der Waals surface area (Å²) in [7, 11) is 1.61. The van der Waals surface area contributed by atoms with E-state index in [2.05, 4.69) is 10.2 Å². The molecule has 2 aromatic carbocycles. The molecule has 0 aliphatic heterocycles. The van der Waals surface area contributed by atoms with Crippen molar-refractivity contribution in [3.8, 4) is 28.7 Å². The lowest BCUT2D eigenvalue weighted by molar-refractivity contribution is 0.415. The maximum atomic E-state index is 5.90. The standard InChI is InChI=1S/C15H13N3O2/c1-19-11-6-4-5-10(9-11)14-17-18-15(20-14)12-7-2-3-8-13(12)16/h2-9H,16H2,1H3. The normalized spacial score (nSPS) is 10.4. The van der Waals surface area contributed by atoms with Crippen molar-refractivity contribution in [1.29, 1.82) is 0 Å². The fraction of sp³-hybridized carbons (Fsp3) is 0.0667. The quantitative estimate of drug-likeness (QED) is 0.738. The first-order valence-electron chi connectivity index (χ1n) is 6.11. The van der Waals surface area contributed by atoms with Crippen LogP contribution in [0.25, 0.3) is 22.9 Å². The number of rotatable bonds is 3. The van der Waals surface area contributed by atoms with E-state index in [9.17, 15) is 0 Å². The van der Waals surface area contributed by atoms with Crippen LogP contribution in [-0.4, -0.2) is 17.3 Å². The van der Waals surface area contributed by atoms with Gasteiger partial charge in [-0.2, -0.15) is 0 Å². The third-order valence-electron chi connectivity index (χ3n) is 2.93. The first kappa shape index (κ1) is 12.2. The van der Waals surface area contributed by atoms with Gasteiger partial charge >= 0.3 is 0 Å². The Labute approximate surface area is 116 Å². The number of nitrogens with two attached hydrogens (primary N) is 1. The summed E-state index contributed by atoms with van der Waals surface area (Å²) in [6, 6.07) is 14.8. The molecule has 100 valence electrons. The lowest BCUT2D eigenvalue weighted by Crippen LogP contribution is -1.88. The zero-order chi connectivity index (χ0) is 13.9. The average Bonchev–Trinajstić information content (AvgIpc) is 2.97. The molecule has 2 N–H and O–H groups in total. The van der Waals surface area contributed by atoms with Crippen LogP contribution in [0.2, 0.25) is 0 Å². The van der Waals surface area contributed by atoms with Gasteiger partial charge in [0.05, 0.1) is 12.7 Å². The predicted octanol–water partition coefficient (Wildman–Crippen LogP) is 2.99. The van der Waals surface area contributed by atoms with Gasteiger partial charge in [0, 0.05) is 11.3 Å². The molecule has 3 rings (SSSR count). The summed E-state index contributed by atoms with van der Waals surface area (Å²) in [6.07, 6.45) is 0. The number of aromatic nitrogens is 2. The van der Waals surface area contributed by atoms with E-state index in [0.717, 1.165) is 16.9 Å². The Hall–Kier alpha value is -2.82. The summed E-state index contributed by atoms with van der Waals surface area (Å²) >= 11 is 0. The summed E-state index contributed by atoms with van der Waals surface area (Å²) in [5.41, 5.74) is 8.04. The third-order valence-corrected chi connectivity index (χ3v) is 2.93. The van der Waals surface area contributed by atoms with Crippen LogP contribution >= 0.6 is 0 Å². The number of methoxy groups -OCH3 is 1. The van der Waals surface area contributed by atoms with Crippen molar-refractivity contribution in [3.63, 3.8) is 0 Å². The Morgan fingerprint density at radius 1 is 1.00 bits per heavy atom. The molecule has 0 amide bonds. The minimum atomic E-state index is 0.404. The summed E-state index contributed by atoms with van der Waals surface area (Å²) in [4.78, 5) is 0. The predicted molar refractivity (Wildman–Crippen MR) is 76.1 cm³/mol. The van der Waals surface area contributed by atoms with E-state index >= 15 is 0 Å². The zero-order valence-electron chi connectivity index (χ0n) is 10.9. The molecule has 1 heterocycles. The van der Waals surface area contributed by atoms with Gasteiger partial charge in [0.25, 0.3) is 0 Å². The van der Waals surface area contributed by atoms with Crippen molar-refractivity contribution in [2.24, 2.45) is 0 Å². The van der Waals surface area contributed by atoms with E-state index < -0.39 is 0 Å². The molecule has 5 heteroatoms. The van der Waals surface area contributed by atoms with Gasteiger partial charge in [-0.05, 0) is 30.3 Å². The lowest BCUT2D eigenvalue weighted by atomic mass is 10.2. The van der Waals surface area contributed by atoms with Crippen LogP contribution in [0, 0.1) is 0 Å². The highest BCUT2D eigenvalue weighted by molar-refractivity contribution is 5.70. The molecular formula is C15H13N3O2. The average molecular weight is 267 g/mol. The number of anilines is 1. The number of hydrogen-bond acceptors (Lipinski definition) is 5. The summed E-state index contributed by atoms with van der Waals surface area (Å²) < 4.78 is 10.9. The number of benzene rings is 2. The van der Waals surface area contributed by atoms with Gasteiger partial charge in [-0.25, -0.2) is 0 Å². The largest absolute Gasteiger partial charge is 0.497 e. The lowest BCUT2D eigenvalue weighted by Gasteiger charge is -2.01. The van der Waals surface area contributed by atoms with Crippen LogP contribution in [-0.2, 0) is 0 Å². The van der Waals surface area contributed by atoms with Crippen LogP contribution in [0.15, 0.2) is 52.9 Å². The second-order valence-electron chi connectivity index (χ2n) is 4.23. The number of nitrogen functional groups attached to an aromatic ring is 1. The Kier molecular flexibility index (Phi) is 3.09. The monoisotopic (exact) mass is 267 g/mol. The zero-order valence-corrected chi connectivity index (χ0v) is 10.9. The van der Waals surface area contributed by atoms with Crippen LogP contribution in [0.3, 0.4) is 0 Å². The van der Waals surface area contributed by atoms with Gasteiger partial charge in [-0.1, -0.05) is 18.2 Å². The van der Waals surface area contributed by atoms with E-state index in [-0.39, 0.29) is 0 Å². The van der Waals surface area contributed by atoms with Gasteiger partial charge in [0.15, 0.2) is 0 Å². The second kappa shape index (κ2) is 5.05. The number of hydrogen-bond donors (Lipinski definition) is 1. The molecule has 1 aromatic heterocycles. The van der Waals surface area contributed by atoms with Crippen molar-refractivity contribution in [2.75, 3.05) is 12.8 Å². The van der Waals surface area contributed by atoms with E-state index in [1.807, 2.05) is 42.5 Å². The van der Waals surface area contributed by atoms with Crippen LogP contribution < -0.4 is 10.5 Å². The third kappa shape index (κ3) is 2.21. The highest BCUT2D eigenvalue weighted by Gasteiger charge is 2.12. The molecule has 0 unspecified atom stereocenters. The van der Waals surface area contributed by atoms with Crippen molar-refractivity contribution in [2.45, 2.75) is 0 Å². The molecule has 20 heavy (non-hydrogen) atoms. The minimum absolute atomic E-state index is 0.404. The van der Waals surface area contributed by atoms with Gasteiger partial charge in [0.2, 0.25) is 11.8 Å². The SMILES string of the molecule is COc1cccc(-c2nnc(-c3ccccc3N)o2)c1. The summed E-state index contributed by atoms with van der Waals surface area (Å²) in [6.45, 7) is 0. The molecule has 5 nitrogen and oxygen atoms in total. The van der Waals surface area contributed by atoms with Crippen molar-refractivity contribution < 1.29 is 9.15 Å². The molecule has 0 atom stereocenters. The Balaban J connectivity index is 2.00. The highest BCUT2D eigenvalue weighted by atomic mass is 16.5. The van der Waals surface area contributed by atoms with Crippen LogP contribution in [0.5, 0.6) is 5.75 Å². The summed E-state index contributed by atoms with van der Waals surface area (Å²) in [5.74, 6) is 1.57. The van der Waals surface area contributed by atoms with Gasteiger partial charge in [-0.15, -0.1) is 10.2 Å². The van der Waals surface area contributed by atoms with Gasteiger partial charge in [0.1, 0.15) is 5.75 Å². The Morgan fingerprint density at radius 3 is 2.60 bits per heavy atom. The highest BCUT2D eigenvalue weighted by Crippen LogP contribution is 2.28. The maximum absolute atomic E-state index is 5.90. The maximum Gasteiger partial charge on any atom is 0.250 e. The van der Waals surface area contributed by atoms with E-state index in [0.29, 0.717) is 17.5 Å². The van der Waals surface area contributed by atoms with E-state index in [1.165, 1.54) is 0 Å². The summed E-state index contributed by atoms with van der Waals surface area (Å²) in [5, 5.41) is 8.09. The first-order chi connectivity index (χ1) is 9.78. The van der Waals surface area contributed by atoms with Gasteiger partial charge < -0.3 is 14.9 Å². The first-order valence-corrected chi connectivity index (χ1v) is 6.11. The molecule has 0 spiro atoms. The van der Waals surface area contributed by atoms with Crippen LogP contribution in [0.4, 0.5) is 5.69 Å². The molecule has 0 aliphatic carbocycles. The molecule has 0 bridgehead atoms. The smallest absolute Gasteiger partial charge is 0.250 e. The van der Waals surface area contributed by atoms with Gasteiger partial charge in [-0.3, -0.25) is 0 Å². The van der Waals surface area contributed by atoms with Crippen molar-refractivity contribution in [1.82, 2.24) is 10.2 Å². The number of ether oxygens (including phenoxy) is 1. The molecule has 3 aromatic rings. The van der Waals surface area contributed by atoms with Crippen molar-refractivity contribution in [3.05, 3.63) is 48.5 Å². The molecule has 0 fully saturated rings. The second-order valence-corrected chi connectivity index (χ2v) is 4.23. The molecule has 0 radical (unpaired) electrons. The number of para-hydroxylation sites is 1. The van der Waals surface area contributed by atoms with Crippen molar-refractivity contribution >= 4 is 5.69 Å². The minimum Gasteiger partial charge on any atom is -0.497 e. The molecule has 0 saturated heterocycles. The molecule has 0 saturated carbocycles. The fourth-order valence-electron chi connectivity index (χ4n) is 1.90. The Bertz CT molecular complexity index is 737.